The van der Waals surface area contributed by atoms with Crippen LogP contribution in [0.2, 0.25) is 0 Å². The van der Waals surface area contributed by atoms with Gasteiger partial charge in [-0.15, -0.1) is 24.0 Å². The Morgan fingerprint density at radius 1 is 0.800 bits per heavy atom. The van der Waals surface area contributed by atoms with Gasteiger partial charge in [0, 0.05) is 12.4 Å². The van der Waals surface area contributed by atoms with E-state index >= 15 is 0 Å². The Bertz CT molecular complexity index is 1060. The van der Waals surface area contributed by atoms with Crippen molar-refractivity contribution in [1.82, 2.24) is 4.90 Å². The molecule has 0 aromatic heterocycles. The summed E-state index contributed by atoms with van der Waals surface area (Å²) in [4.78, 5) is 2.50. The van der Waals surface area contributed by atoms with Crippen LogP contribution in [0.15, 0.2) is 78.9 Å². The van der Waals surface area contributed by atoms with Gasteiger partial charge in [0.05, 0.1) is 7.11 Å². The van der Waals surface area contributed by atoms with Gasteiger partial charge in [-0.1, -0.05) is 61.0 Å². The number of nitrogens with zero attached hydrogens (tertiary/aromatic N) is 1. The normalized spacial score (nSPS) is 14.6. The van der Waals surface area contributed by atoms with Gasteiger partial charge in [0.2, 0.25) is 0 Å². The first-order valence-corrected chi connectivity index (χ1v) is 12.8. The molecule has 3 nitrogen and oxygen atoms in total. The monoisotopic (exact) mass is 511 g/mol. The van der Waals surface area contributed by atoms with Crippen molar-refractivity contribution in [2.45, 2.75) is 25.7 Å². The molecular formula is C30H35Cl2NO2. The van der Waals surface area contributed by atoms with Gasteiger partial charge in [0.1, 0.15) is 18.1 Å². The van der Waals surface area contributed by atoms with E-state index in [1.807, 2.05) is 18.2 Å². The molecule has 1 aliphatic heterocycles. The molecule has 1 aliphatic rings. The lowest BCUT2D eigenvalue weighted by Crippen LogP contribution is -2.33. The number of rotatable bonds is 10. The molecule has 1 fully saturated rings. The Kier molecular flexibility index (Phi) is 11.0. The largest absolute Gasteiger partial charge is 0.497 e. The fraction of sp³-hybridized carbons (Fsp3) is 0.333. The van der Waals surface area contributed by atoms with Crippen LogP contribution in [-0.2, 0) is 0 Å². The van der Waals surface area contributed by atoms with Crippen molar-refractivity contribution in [3.63, 3.8) is 0 Å². The zero-order valence-electron chi connectivity index (χ0n) is 20.4. The fourth-order valence-corrected chi connectivity index (χ4v) is 4.82. The van der Waals surface area contributed by atoms with Crippen LogP contribution in [0.1, 0.15) is 42.4 Å². The summed E-state index contributed by atoms with van der Waals surface area (Å²) in [6.45, 7) is 4.11. The van der Waals surface area contributed by atoms with Crippen molar-refractivity contribution < 1.29 is 9.47 Å². The molecule has 0 atom stereocenters. The van der Waals surface area contributed by atoms with Crippen LogP contribution < -0.4 is 9.47 Å². The lowest BCUT2D eigenvalue weighted by molar-refractivity contribution is 0.183. The third-order valence-electron chi connectivity index (χ3n) is 6.39. The highest BCUT2D eigenvalue weighted by molar-refractivity contribution is 6.18. The number of halogens is 2. The molecule has 3 aromatic rings. The van der Waals surface area contributed by atoms with E-state index in [1.54, 1.807) is 7.11 Å². The summed E-state index contributed by atoms with van der Waals surface area (Å²) in [7, 11) is 1.70. The number of allylic oxidation sites excluding steroid dienone is 1. The summed E-state index contributed by atoms with van der Waals surface area (Å²) in [6, 6.07) is 27.2. The molecule has 186 valence electrons. The Morgan fingerprint density at radius 2 is 1.49 bits per heavy atom. The minimum atomic E-state index is 0. The molecule has 0 saturated carbocycles. The van der Waals surface area contributed by atoms with Crippen molar-refractivity contribution in [3.05, 3.63) is 95.6 Å². The van der Waals surface area contributed by atoms with Crippen LogP contribution in [0.4, 0.5) is 0 Å². The van der Waals surface area contributed by atoms with E-state index in [0.29, 0.717) is 5.88 Å². The van der Waals surface area contributed by atoms with Gasteiger partial charge in [-0.3, -0.25) is 4.90 Å². The van der Waals surface area contributed by atoms with Crippen molar-refractivity contribution in [2.75, 3.05) is 39.2 Å². The van der Waals surface area contributed by atoms with Gasteiger partial charge in [0.25, 0.3) is 0 Å². The second-order valence-electron chi connectivity index (χ2n) is 8.67. The van der Waals surface area contributed by atoms with E-state index in [9.17, 15) is 0 Å². The molecule has 0 amide bonds. The van der Waals surface area contributed by atoms with E-state index in [-0.39, 0.29) is 12.4 Å². The highest BCUT2D eigenvalue weighted by Gasteiger charge is 2.15. The Morgan fingerprint density at radius 3 is 2.17 bits per heavy atom. The highest BCUT2D eigenvalue weighted by Crippen LogP contribution is 2.36. The van der Waals surface area contributed by atoms with E-state index in [0.717, 1.165) is 42.2 Å². The zero-order chi connectivity index (χ0) is 23.6. The van der Waals surface area contributed by atoms with Gasteiger partial charge >= 0.3 is 0 Å². The lowest BCUT2D eigenvalue weighted by Gasteiger charge is -2.26. The number of hydrogen-bond donors (Lipinski definition) is 0. The standard InChI is InChI=1S/C30H34ClNO2.ClH/c1-33-28-12-8-11-26(23-28)29(17-18-31)30(24-9-4-2-5-10-24)25-13-15-27(16-14-25)34-22-21-32-19-6-3-7-20-32;/h2,4-5,8-16,23H,3,6-7,17-22H2,1H3;1H/b30-29-;. The number of ether oxygens (including phenoxy) is 2. The first-order chi connectivity index (χ1) is 16.8. The average molecular weight is 513 g/mol. The first kappa shape index (κ1) is 27.1. The predicted molar refractivity (Wildman–Crippen MR) is 150 cm³/mol. The fourth-order valence-electron chi connectivity index (χ4n) is 4.63. The maximum absolute atomic E-state index is 6.30. The molecule has 0 aliphatic carbocycles. The van der Waals surface area contributed by atoms with Crippen LogP contribution in [0.3, 0.4) is 0 Å². The van der Waals surface area contributed by atoms with Gasteiger partial charge < -0.3 is 9.47 Å². The summed E-state index contributed by atoms with van der Waals surface area (Å²) >= 11 is 6.30. The van der Waals surface area contributed by atoms with Gasteiger partial charge in [-0.2, -0.15) is 0 Å². The summed E-state index contributed by atoms with van der Waals surface area (Å²) < 4.78 is 11.6. The molecule has 0 radical (unpaired) electrons. The van der Waals surface area contributed by atoms with Crippen LogP contribution in [-0.4, -0.2) is 44.1 Å². The molecule has 35 heavy (non-hydrogen) atoms. The molecule has 1 saturated heterocycles. The molecule has 5 heteroatoms. The van der Waals surface area contributed by atoms with Crippen LogP contribution >= 0.6 is 24.0 Å². The second-order valence-corrected chi connectivity index (χ2v) is 9.04. The van der Waals surface area contributed by atoms with Crippen LogP contribution in [0.5, 0.6) is 11.5 Å². The molecule has 0 N–H and O–H groups in total. The summed E-state index contributed by atoms with van der Waals surface area (Å²) in [5.41, 5.74) is 5.84. The smallest absolute Gasteiger partial charge is 0.119 e. The molecule has 0 bridgehead atoms. The molecule has 0 spiro atoms. The third kappa shape index (κ3) is 7.51. The van der Waals surface area contributed by atoms with E-state index < -0.39 is 0 Å². The maximum atomic E-state index is 6.30. The molecule has 0 unspecified atom stereocenters. The Hall–Kier alpha value is -2.46. The van der Waals surface area contributed by atoms with Crippen molar-refractivity contribution in [3.8, 4) is 11.5 Å². The number of methoxy groups -OCH3 is 1. The topological polar surface area (TPSA) is 21.7 Å². The zero-order valence-corrected chi connectivity index (χ0v) is 22.0. The number of likely N-dealkylation sites (tertiary alicyclic amines) is 1. The third-order valence-corrected chi connectivity index (χ3v) is 6.58. The van der Waals surface area contributed by atoms with Gasteiger partial charge in [-0.05, 0) is 84.5 Å². The van der Waals surface area contributed by atoms with Crippen molar-refractivity contribution >= 4 is 35.2 Å². The lowest BCUT2D eigenvalue weighted by atomic mass is 9.88. The first-order valence-electron chi connectivity index (χ1n) is 12.2. The molecule has 1 heterocycles. The van der Waals surface area contributed by atoms with Crippen molar-refractivity contribution in [2.24, 2.45) is 0 Å². The van der Waals surface area contributed by atoms with Crippen LogP contribution in [0.25, 0.3) is 11.1 Å². The number of benzene rings is 3. The number of piperidine rings is 1. The minimum absolute atomic E-state index is 0. The average Bonchev–Trinajstić information content (AvgIpc) is 2.90. The quantitative estimate of drug-likeness (QED) is 0.207. The highest BCUT2D eigenvalue weighted by atomic mass is 35.5. The summed E-state index contributed by atoms with van der Waals surface area (Å²) in [5, 5.41) is 0. The Balaban J connectivity index is 0.00000342. The SMILES string of the molecule is COc1cccc(/C(CCCl)=C(/c2ccccc2)c2ccc(OCCN3CCCCC3)cc2)c1.Cl. The van der Waals surface area contributed by atoms with Gasteiger partial charge in [0.15, 0.2) is 0 Å². The minimum Gasteiger partial charge on any atom is -0.497 e. The maximum Gasteiger partial charge on any atom is 0.119 e. The van der Waals surface area contributed by atoms with Crippen molar-refractivity contribution in [1.29, 1.82) is 0 Å². The number of hydrogen-bond acceptors (Lipinski definition) is 3. The molecular weight excluding hydrogens is 477 g/mol. The summed E-state index contributed by atoms with van der Waals surface area (Å²) in [5.74, 6) is 2.29. The Labute approximate surface area is 221 Å². The van der Waals surface area contributed by atoms with Crippen LogP contribution in [0, 0.1) is 0 Å². The molecule has 3 aromatic carbocycles. The number of alkyl halides is 1. The predicted octanol–water partition coefficient (Wildman–Crippen LogP) is 7.57. The van der Waals surface area contributed by atoms with Gasteiger partial charge in [-0.25, -0.2) is 0 Å². The molecule has 4 rings (SSSR count). The van der Waals surface area contributed by atoms with E-state index in [4.69, 9.17) is 21.1 Å². The second kappa shape index (κ2) is 14.2. The van der Waals surface area contributed by atoms with E-state index in [1.165, 1.54) is 49.1 Å². The van der Waals surface area contributed by atoms with E-state index in [2.05, 4.69) is 65.6 Å². The summed E-state index contributed by atoms with van der Waals surface area (Å²) in [6.07, 6.45) is 4.73.